The van der Waals surface area contributed by atoms with E-state index in [0.29, 0.717) is 30.3 Å². The van der Waals surface area contributed by atoms with Crippen LogP contribution >= 0.6 is 0 Å². The van der Waals surface area contributed by atoms with Gasteiger partial charge in [-0.1, -0.05) is 72.0 Å². The first-order valence-corrected chi connectivity index (χ1v) is 17.4. The number of aromatic nitrogens is 3. The second kappa shape index (κ2) is 14.7. The van der Waals surface area contributed by atoms with E-state index in [2.05, 4.69) is 15.6 Å². The predicted molar refractivity (Wildman–Crippen MR) is 182 cm³/mol. The number of aliphatic hydroxyl groups excluding tert-OH is 1. The van der Waals surface area contributed by atoms with Crippen molar-refractivity contribution >= 4 is 34.7 Å². The first-order chi connectivity index (χ1) is 24.9. The van der Waals surface area contributed by atoms with Crippen LogP contribution in [0.3, 0.4) is 0 Å². The van der Waals surface area contributed by atoms with E-state index >= 15 is 0 Å². The second-order valence-electron chi connectivity index (χ2n) is 13.4. The molecule has 0 radical (unpaired) electrons. The third kappa shape index (κ3) is 6.43. The Morgan fingerprint density at radius 2 is 1.82 bits per heavy atom. The van der Waals surface area contributed by atoms with Gasteiger partial charge in [0.15, 0.2) is 0 Å². The third-order valence-electron chi connectivity index (χ3n) is 10.2. The maximum absolute atomic E-state index is 14.7. The second-order valence-corrected chi connectivity index (χ2v) is 13.4. The Hall–Kier alpha value is -4.92. The number of para-hydroxylation sites is 1. The van der Waals surface area contributed by atoms with E-state index in [0.717, 1.165) is 5.52 Å². The van der Waals surface area contributed by atoms with Crippen molar-refractivity contribution in [2.75, 3.05) is 33.4 Å². The van der Waals surface area contributed by atoms with Gasteiger partial charge in [-0.15, -0.1) is 5.10 Å². The van der Waals surface area contributed by atoms with Crippen LogP contribution in [-0.2, 0) is 40.1 Å². The molecule has 2 saturated heterocycles. The number of cyclic esters (lactones) is 1. The zero-order valence-electron chi connectivity index (χ0n) is 28.4. The summed E-state index contributed by atoms with van der Waals surface area (Å²) in [6, 6.07) is 14.7. The molecule has 4 aliphatic rings. The number of rotatable bonds is 9. The Bertz CT molecular complexity index is 1830. The molecule has 1 spiro atoms. The lowest BCUT2D eigenvalue weighted by Crippen LogP contribution is -2.55. The summed E-state index contributed by atoms with van der Waals surface area (Å²) in [4.78, 5) is 60.1. The molecule has 7 rings (SSSR count). The molecule has 268 valence electrons. The zero-order valence-corrected chi connectivity index (χ0v) is 28.4. The molecule has 2 N–H and O–H groups in total. The Balaban J connectivity index is 1.28. The molecule has 1 aromatic heterocycles. The smallest absolute Gasteiger partial charge is 0.313 e. The molecule has 0 saturated carbocycles. The number of allylic oxidation sites excluding steroid dienone is 1. The number of ether oxygens (including phenoxy) is 3. The van der Waals surface area contributed by atoms with Gasteiger partial charge in [-0.25, -0.2) is 4.68 Å². The van der Waals surface area contributed by atoms with Crippen LogP contribution in [0.15, 0.2) is 78.9 Å². The quantitative estimate of drug-likeness (QED) is 0.192. The van der Waals surface area contributed by atoms with Gasteiger partial charge in [0, 0.05) is 33.2 Å². The van der Waals surface area contributed by atoms with Gasteiger partial charge in [0.25, 0.3) is 5.91 Å². The minimum absolute atomic E-state index is 0.0696. The van der Waals surface area contributed by atoms with Crippen LogP contribution in [-0.4, -0.2) is 111 Å². The molecule has 0 bridgehead atoms. The minimum atomic E-state index is -1.49. The molecule has 2 fully saturated rings. The molecule has 14 nitrogen and oxygen atoms in total. The van der Waals surface area contributed by atoms with Crippen LogP contribution in [0, 0.1) is 11.8 Å². The summed E-state index contributed by atoms with van der Waals surface area (Å²) in [5.41, 5.74) is 0.593. The summed E-state index contributed by atoms with van der Waals surface area (Å²) in [5, 5.41) is 21.1. The fourth-order valence-electron chi connectivity index (χ4n) is 7.88. The third-order valence-corrected chi connectivity index (χ3v) is 10.2. The van der Waals surface area contributed by atoms with Crippen LogP contribution in [0.1, 0.15) is 37.4 Å². The number of esters is 1. The summed E-state index contributed by atoms with van der Waals surface area (Å²) in [7, 11) is 1.51. The molecule has 0 aliphatic carbocycles. The normalized spacial score (nSPS) is 30.2. The van der Waals surface area contributed by atoms with E-state index in [4.69, 9.17) is 14.2 Å². The number of methoxy groups -OCH3 is 1. The number of carbonyl (C=O) groups excluding carboxylic acids is 4. The standard InChI is InChI=1S/C37H42N6O8/c1-49-22-26-32(24-12-3-2-4-13-24)50-36(48)30-28(16-7-8-17-29(45)38-26)51-37-18-11-19-41(23-43-27-15-6-5-14-25(27)39-40-43)35(47)33(37)42(20-9-10-21-44)34(46)31(30)37/h2-7,11-16,18,26,28,30-33,44H,8-10,17,19-23H2,1H3,(H,38,45)/b16-7-/t26-,28-,30+,31+,32-,33-,37+/m0/s1. The van der Waals surface area contributed by atoms with Gasteiger partial charge in [-0.05, 0) is 37.0 Å². The molecule has 3 amide bonds. The number of likely N-dealkylation sites (tertiary alicyclic amines) is 1. The highest BCUT2D eigenvalue weighted by Crippen LogP contribution is 2.53. The number of fused-ring (bicyclic) bond motifs is 3. The molecule has 14 heteroatoms. The lowest BCUT2D eigenvalue weighted by molar-refractivity contribution is -0.162. The van der Waals surface area contributed by atoms with E-state index in [1.54, 1.807) is 33.9 Å². The van der Waals surface area contributed by atoms with Crippen LogP contribution in [0.4, 0.5) is 0 Å². The Morgan fingerprint density at radius 1 is 1.02 bits per heavy atom. The monoisotopic (exact) mass is 698 g/mol. The molecule has 3 aromatic rings. The van der Waals surface area contributed by atoms with Crippen molar-refractivity contribution in [2.24, 2.45) is 11.8 Å². The van der Waals surface area contributed by atoms with Gasteiger partial charge in [0.2, 0.25) is 11.8 Å². The molecule has 5 heterocycles. The van der Waals surface area contributed by atoms with Gasteiger partial charge in [0.05, 0.1) is 30.2 Å². The number of unbranched alkanes of at least 4 members (excludes halogenated alkanes) is 1. The van der Waals surface area contributed by atoms with Crippen molar-refractivity contribution in [3.05, 3.63) is 84.5 Å². The Labute approximate surface area is 295 Å². The summed E-state index contributed by atoms with van der Waals surface area (Å²) < 4.78 is 20.2. The average molecular weight is 699 g/mol. The van der Waals surface area contributed by atoms with Gasteiger partial charge >= 0.3 is 5.97 Å². The van der Waals surface area contributed by atoms with E-state index in [-0.39, 0.29) is 51.2 Å². The molecule has 4 aliphatic heterocycles. The van der Waals surface area contributed by atoms with Crippen molar-refractivity contribution in [1.29, 1.82) is 0 Å². The lowest BCUT2D eigenvalue weighted by atomic mass is 9.77. The summed E-state index contributed by atoms with van der Waals surface area (Å²) >= 11 is 0. The molecular formula is C37H42N6O8. The fourth-order valence-corrected chi connectivity index (χ4v) is 7.88. The van der Waals surface area contributed by atoms with Crippen LogP contribution < -0.4 is 5.32 Å². The van der Waals surface area contributed by atoms with Crippen molar-refractivity contribution in [3.63, 3.8) is 0 Å². The Morgan fingerprint density at radius 3 is 2.63 bits per heavy atom. The summed E-state index contributed by atoms with van der Waals surface area (Å²) in [5.74, 6) is -3.85. The van der Waals surface area contributed by atoms with Crippen molar-refractivity contribution in [1.82, 2.24) is 30.1 Å². The maximum atomic E-state index is 14.7. The van der Waals surface area contributed by atoms with E-state index in [9.17, 15) is 24.3 Å². The lowest BCUT2D eigenvalue weighted by Gasteiger charge is -2.35. The van der Waals surface area contributed by atoms with Gasteiger partial charge < -0.3 is 34.4 Å². The minimum Gasteiger partial charge on any atom is -0.455 e. The number of nitrogens with one attached hydrogen (secondary N) is 1. The van der Waals surface area contributed by atoms with Gasteiger partial charge in [-0.3, -0.25) is 19.2 Å². The highest BCUT2D eigenvalue weighted by atomic mass is 16.6. The Kier molecular flexibility index (Phi) is 9.98. The summed E-state index contributed by atoms with van der Waals surface area (Å²) in [6.07, 6.45) is 6.60. The topological polar surface area (TPSA) is 165 Å². The van der Waals surface area contributed by atoms with E-state index in [1.165, 1.54) is 12.0 Å². The zero-order chi connectivity index (χ0) is 35.5. The van der Waals surface area contributed by atoms with Crippen LogP contribution in [0.2, 0.25) is 0 Å². The van der Waals surface area contributed by atoms with E-state index < -0.39 is 53.6 Å². The predicted octanol–water partition coefficient (Wildman–Crippen LogP) is 1.91. The van der Waals surface area contributed by atoms with Crippen LogP contribution in [0.5, 0.6) is 0 Å². The van der Waals surface area contributed by atoms with Crippen LogP contribution in [0.25, 0.3) is 11.0 Å². The molecule has 0 unspecified atom stereocenters. The maximum Gasteiger partial charge on any atom is 0.313 e. The van der Waals surface area contributed by atoms with Crippen molar-refractivity contribution in [2.45, 2.75) is 62.2 Å². The molecule has 2 aromatic carbocycles. The molecule has 51 heavy (non-hydrogen) atoms. The largest absolute Gasteiger partial charge is 0.455 e. The number of aliphatic hydroxyl groups is 1. The first-order valence-electron chi connectivity index (χ1n) is 17.4. The number of benzene rings is 2. The van der Waals surface area contributed by atoms with E-state index in [1.807, 2.05) is 54.6 Å². The number of hydrogen-bond donors (Lipinski definition) is 2. The summed E-state index contributed by atoms with van der Waals surface area (Å²) in [6.45, 7) is 0.467. The average Bonchev–Trinajstić information content (AvgIpc) is 3.73. The molecular weight excluding hydrogens is 656 g/mol. The first kappa shape index (κ1) is 34.5. The van der Waals surface area contributed by atoms with Gasteiger partial charge in [0.1, 0.15) is 35.9 Å². The highest BCUT2D eigenvalue weighted by molar-refractivity contribution is 5.99. The SMILES string of the molecule is COC[C@@H]1NC(=O)CC/C=C\[C@@H]2O[C@@]34C=CCN(Cn5nnc6ccccc65)C(=O)[C@@H]3N(CCCCO)C(=O)[C@H]4[C@@H]2C(=O)O[C@H]1c1ccccc1. The highest BCUT2D eigenvalue weighted by Gasteiger charge is 2.71. The fraction of sp³-hybridized carbons (Fsp3) is 0.459. The molecule has 7 atom stereocenters. The van der Waals surface area contributed by atoms with Gasteiger partial charge in [-0.2, -0.15) is 0 Å². The number of amides is 3. The van der Waals surface area contributed by atoms with Crippen molar-refractivity contribution < 1.29 is 38.5 Å². The number of nitrogens with zero attached hydrogens (tertiary/aromatic N) is 5. The van der Waals surface area contributed by atoms with Crippen molar-refractivity contribution in [3.8, 4) is 0 Å². The number of hydrogen-bond acceptors (Lipinski definition) is 10. The number of carbonyl (C=O) groups is 4.